The van der Waals surface area contributed by atoms with Crippen molar-refractivity contribution < 1.29 is 0 Å². The number of para-hydroxylation sites is 3. The van der Waals surface area contributed by atoms with Gasteiger partial charge in [0.1, 0.15) is 0 Å². The Balaban J connectivity index is 0.937. The van der Waals surface area contributed by atoms with Crippen molar-refractivity contribution in [3.8, 4) is 67.5 Å². The molecule has 0 radical (unpaired) electrons. The van der Waals surface area contributed by atoms with Crippen LogP contribution in [0.15, 0.2) is 231 Å². The van der Waals surface area contributed by atoms with Crippen LogP contribution in [0, 0.1) is 0 Å². The standard InChI is InChI=1S/C58H38N4/c1-3-16-40(17-4-1)52-38-53(41-18-5-2-6-19-41)60-58(59-52)42-32-30-39(31-33-42)46-22-7-8-23-47(46)43-34-35-57-51(36-43)50-26-11-14-29-56(50)62(57)45-21-15-20-44(37-45)61-54-27-12-9-24-48(54)49-25-10-13-28-55(49)61/h1-38H. The second kappa shape index (κ2) is 14.7. The van der Waals surface area contributed by atoms with Gasteiger partial charge in [-0.1, -0.05) is 176 Å². The maximum Gasteiger partial charge on any atom is 0.160 e. The molecule has 4 nitrogen and oxygen atoms in total. The van der Waals surface area contributed by atoms with Crippen LogP contribution in [0.25, 0.3) is 111 Å². The first kappa shape index (κ1) is 35.6. The first-order valence-electron chi connectivity index (χ1n) is 21.1. The molecule has 12 aromatic rings. The van der Waals surface area contributed by atoms with E-state index in [9.17, 15) is 0 Å². The van der Waals surface area contributed by atoms with Gasteiger partial charge in [0, 0.05) is 49.6 Å². The molecule has 4 heteroatoms. The molecule has 0 amide bonds. The SMILES string of the molecule is c1ccc(-c2cc(-c3ccccc3)nc(-c3ccc(-c4ccccc4-c4ccc5c(c4)c4ccccc4n5-c4cccc(-n5c6ccccc6c6ccccc65)c4)cc3)n2)cc1. The summed E-state index contributed by atoms with van der Waals surface area (Å²) in [6, 6.07) is 82.2. The van der Waals surface area contributed by atoms with Gasteiger partial charge in [0.25, 0.3) is 0 Å². The summed E-state index contributed by atoms with van der Waals surface area (Å²) in [5.41, 5.74) is 16.6. The van der Waals surface area contributed by atoms with Crippen LogP contribution in [0.5, 0.6) is 0 Å². The monoisotopic (exact) mass is 790 g/mol. The van der Waals surface area contributed by atoms with E-state index in [0.717, 1.165) is 45.0 Å². The van der Waals surface area contributed by atoms with Crippen LogP contribution in [-0.2, 0) is 0 Å². The highest BCUT2D eigenvalue weighted by Gasteiger charge is 2.18. The quantitative estimate of drug-likeness (QED) is 0.161. The third-order valence-corrected chi connectivity index (χ3v) is 12.2. The Hall–Kier alpha value is -8.34. The van der Waals surface area contributed by atoms with Crippen LogP contribution >= 0.6 is 0 Å². The zero-order valence-corrected chi connectivity index (χ0v) is 33.7. The van der Waals surface area contributed by atoms with Crippen LogP contribution in [0.1, 0.15) is 0 Å². The summed E-state index contributed by atoms with van der Waals surface area (Å²) < 4.78 is 4.80. The Morgan fingerprint density at radius 3 is 1.23 bits per heavy atom. The van der Waals surface area contributed by atoms with Gasteiger partial charge in [-0.3, -0.25) is 0 Å². The van der Waals surface area contributed by atoms with Crippen molar-refractivity contribution in [1.29, 1.82) is 0 Å². The molecule has 0 aliphatic heterocycles. The lowest BCUT2D eigenvalue weighted by molar-refractivity contribution is 1.13. The second-order valence-corrected chi connectivity index (χ2v) is 15.8. The van der Waals surface area contributed by atoms with Crippen molar-refractivity contribution in [2.45, 2.75) is 0 Å². The number of nitrogens with zero attached hydrogens (tertiary/aromatic N) is 4. The molecule has 290 valence electrons. The second-order valence-electron chi connectivity index (χ2n) is 15.8. The lowest BCUT2D eigenvalue weighted by Crippen LogP contribution is -1.98. The van der Waals surface area contributed by atoms with E-state index in [2.05, 4.69) is 203 Å². The van der Waals surface area contributed by atoms with Gasteiger partial charge in [-0.05, 0) is 76.9 Å². The van der Waals surface area contributed by atoms with Gasteiger partial charge in [0.05, 0.1) is 33.5 Å². The highest BCUT2D eigenvalue weighted by Crippen LogP contribution is 2.40. The van der Waals surface area contributed by atoms with Crippen LogP contribution < -0.4 is 0 Å². The van der Waals surface area contributed by atoms with Gasteiger partial charge in [-0.15, -0.1) is 0 Å². The molecule has 0 aliphatic carbocycles. The fourth-order valence-electron chi connectivity index (χ4n) is 9.27. The van der Waals surface area contributed by atoms with Gasteiger partial charge in [0.2, 0.25) is 0 Å². The average molecular weight is 791 g/mol. The maximum absolute atomic E-state index is 5.07. The molecular formula is C58H38N4. The van der Waals surface area contributed by atoms with E-state index >= 15 is 0 Å². The maximum atomic E-state index is 5.07. The number of aromatic nitrogens is 4. The Bertz CT molecular complexity index is 3510. The Morgan fingerprint density at radius 1 is 0.258 bits per heavy atom. The summed E-state index contributed by atoms with van der Waals surface area (Å²) in [7, 11) is 0. The molecule has 62 heavy (non-hydrogen) atoms. The molecule has 3 aromatic heterocycles. The van der Waals surface area contributed by atoms with Gasteiger partial charge in [-0.25, -0.2) is 9.97 Å². The molecule has 0 N–H and O–H groups in total. The normalized spacial score (nSPS) is 11.5. The van der Waals surface area contributed by atoms with E-state index in [1.54, 1.807) is 0 Å². The summed E-state index contributed by atoms with van der Waals surface area (Å²) >= 11 is 0. The molecule has 0 atom stereocenters. The predicted octanol–water partition coefficient (Wildman–Crippen LogP) is 15.0. The zero-order chi connectivity index (χ0) is 41.0. The Kier molecular flexibility index (Phi) is 8.46. The van der Waals surface area contributed by atoms with Crippen molar-refractivity contribution in [3.63, 3.8) is 0 Å². The van der Waals surface area contributed by atoms with Gasteiger partial charge in [0.15, 0.2) is 5.82 Å². The summed E-state index contributed by atoms with van der Waals surface area (Å²) in [6.07, 6.45) is 0. The molecule has 0 bridgehead atoms. The average Bonchev–Trinajstić information content (AvgIpc) is 3.87. The minimum atomic E-state index is 0.701. The van der Waals surface area contributed by atoms with Crippen molar-refractivity contribution in [3.05, 3.63) is 231 Å². The fourth-order valence-corrected chi connectivity index (χ4v) is 9.27. The fraction of sp³-hybridized carbons (Fsp3) is 0. The minimum absolute atomic E-state index is 0.701. The molecule has 0 saturated heterocycles. The third-order valence-electron chi connectivity index (χ3n) is 12.2. The molecule has 9 aromatic carbocycles. The summed E-state index contributed by atoms with van der Waals surface area (Å²) in [5.74, 6) is 0.701. The first-order valence-corrected chi connectivity index (χ1v) is 21.1. The van der Waals surface area contributed by atoms with Crippen LogP contribution in [-0.4, -0.2) is 19.1 Å². The van der Waals surface area contributed by atoms with Crippen LogP contribution in [0.4, 0.5) is 0 Å². The highest BCUT2D eigenvalue weighted by atomic mass is 15.0. The molecule has 0 aliphatic rings. The van der Waals surface area contributed by atoms with E-state index in [1.165, 1.54) is 60.3 Å². The van der Waals surface area contributed by atoms with Crippen molar-refractivity contribution in [2.75, 3.05) is 0 Å². The van der Waals surface area contributed by atoms with Crippen molar-refractivity contribution >= 4 is 43.6 Å². The lowest BCUT2D eigenvalue weighted by Gasteiger charge is -2.14. The molecule has 12 rings (SSSR count). The number of benzene rings is 9. The highest BCUT2D eigenvalue weighted by molar-refractivity contribution is 6.11. The largest absolute Gasteiger partial charge is 0.309 e. The van der Waals surface area contributed by atoms with Crippen molar-refractivity contribution in [1.82, 2.24) is 19.1 Å². The number of hydrogen-bond acceptors (Lipinski definition) is 2. The summed E-state index contributed by atoms with van der Waals surface area (Å²) in [4.78, 5) is 10.1. The number of hydrogen-bond donors (Lipinski definition) is 0. The predicted molar refractivity (Wildman–Crippen MR) is 258 cm³/mol. The molecule has 0 spiro atoms. The summed E-state index contributed by atoms with van der Waals surface area (Å²) in [5, 5.41) is 4.96. The number of fused-ring (bicyclic) bond motifs is 6. The van der Waals surface area contributed by atoms with Crippen molar-refractivity contribution in [2.24, 2.45) is 0 Å². The molecule has 0 saturated carbocycles. The minimum Gasteiger partial charge on any atom is -0.309 e. The van der Waals surface area contributed by atoms with E-state index in [4.69, 9.17) is 9.97 Å². The molecule has 3 heterocycles. The van der Waals surface area contributed by atoms with Crippen LogP contribution in [0.2, 0.25) is 0 Å². The first-order chi connectivity index (χ1) is 30.7. The van der Waals surface area contributed by atoms with E-state index in [0.29, 0.717) is 5.82 Å². The lowest BCUT2D eigenvalue weighted by atomic mass is 9.93. The third kappa shape index (κ3) is 6.00. The smallest absolute Gasteiger partial charge is 0.160 e. The van der Waals surface area contributed by atoms with Gasteiger partial charge in [-0.2, -0.15) is 0 Å². The summed E-state index contributed by atoms with van der Waals surface area (Å²) in [6.45, 7) is 0. The molecular weight excluding hydrogens is 753 g/mol. The van der Waals surface area contributed by atoms with E-state index in [-0.39, 0.29) is 0 Å². The number of rotatable bonds is 7. The molecule has 0 fully saturated rings. The van der Waals surface area contributed by atoms with E-state index in [1.807, 2.05) is 36.4 Å². The van der Waals surface area contributed by atoms with E-state index < -0.39 is 0 Å². The Morgan fingerprint density at radius 2 is 0.677 bits per heavy atom. The zero-order valence-electron chi connectivity index (χ0n) is 33.7. The topological polar surface area (TPSA) is 35.6 Å². The van der Waals surface area contributed by atoms with Crippen LogP contribution in [0.3, 0.4) is 0 Å². The molecule has 0 unspecified atom stereocenters. The Labute approximate surface area is 359 Å². The van der Waals surface area contributed by atoms with Gasteiger partial charge >= 0.3 is 0 Å². The van der Waals surface area contributed by atoms with Gasteiger partial charge < -0.3 is 9.13 Å².